The van der Waals surface area contributed by atoms with Crippen LogP contribution in [-0.2, 0) is 0 Å². The monoisotopic (exact) mass is 414 g/mol. The average Bonchev–Trinajstić information content (AvgIpc) is 3.15. The van der Waals surface area contributed by atoms with Gasteiger partial charge < -0.3 is 19.9 Å². The maximum absolute atomic E-state index is 11.2. The molecular formula is C20H22N4O4S. The molecule has 3 aromatic rings. The summed E-state index contributed by atoms with van der Waals surface area (Å²) in [4.78, 5) is 23.7. The Morgan fingerprint density at radius 3 is 2.79 bits per heavy atom. The Bertz CT molecular complexity index is 1020. The third kappa shape index (κ3) is 4.73. The first kappa shape index (κ1) is 19.4. The number of rotatable bonds is 7. The Morgan fingerprint density at radius 1 is 1.21 bits per heavy atom. The van der Waals surface area contributed by atoms with Crippen molar-refractivity contribution in [2.24, 2.45) is 5.92 Å². The number of fused-ring (bicyclic) bond motifs is 1. The minimum Gasteiger partial charge on any atom is -0.477 e. The van der Waals surface area contributed by atoms with Crippen molar-refractivity contribution < 1.29 is 19.4 Å². The summed E-state index contributed by atoms with van der Waals surface area (Å²) in [5.41, 5.74) is 0.694. The van der Waals surface area contributed by atoms with Crippen molar-refractivity contribution in [2.45, 2.75) is 32.1 Å². The number of carboxylic acids is 1. The van der Waals surface area contributed by atoms with Gasteiger partial charge in [-0.3, -0.25) is 0 Å². The number of thiazole rings is 1. The van der Waals surface area contributed by atoms with Crippen LogP contribution in [-0.4, -0.2) is 39.7 Å². The highest BCUT2D eigenvalue weighted by molar-refractivity contribution is 7.22. The number of nitrogens with one attached hydrogen (secondary N) is 1. The van der Waals surface area contributed by atoms with E-state index in [1.807, 2.05) is 12.1 Å². The minimum absolute atomic E-state index is 0.0621. The number of nitrogens with zero attached hydrogens (tertiary/aromatic N) is 3. The molecule has 2 N–H and O–H groups in total. The molecule has 1 saturated carbocycles. The van der Waals surface area contributed by atoms with Gasteiger partial charge in [0.1, 0.15) is 5.75 Å². The fraction of sp³-hybridized carbons (Fsp3) is 0.400. The molecule has 0 spiro atoms. The lowest BCUT2D eigenvalue weighted by Gasteiger charge is -2.21. The lowest BCUT2D eigenvalue weighted by atomic mass is 9.89. The van der Waals surface area contributed by atoms with Gasteiger partial charge >= 0.3 is 12.0 Å². The lowest BCUT2D eigenvalue weighted by molar-refractivity contribution is 0.0688. The number of aromatic carboxylic acids is 1. The lowest BCUT2D eigenvalue weighted by Crippen LogP contribution is -2.16. The maximum atomic E-state index is 11.2. The van der Waals surface area contributed by atoms with Crippen LogP contribution in [0, 0.1) is 5.92 Å². The zero-order chi connectivity index (χ0) is 20.2. The van der Waals surface area contributed by atoms with E-state index in [-0.39, 0.29) is 17.6 Å². The average molecular weight is 414 g/mol. The molecule has 2 aromatic heterocycles. The summed E-state index contributed by atoms with van der Waals surface area (Å²) in [5.74, 6) is 0.193. The molecule has 8 nitrogen and oxygen atoms in total. The largest absolute Gasteiger partial charge is 0.477 e. The number of carbonyl (C=O) groups is 1. The van der Waals surface area contributed by atoms with E-state index in [4.69, 9.17) is 14.6 Å². The van der Waals surface area contributed by atoms with Gasteiger partial charge in [0.2, 0.25) is 5.88 Å². The summed E-state index contributed by atoms with van der Waals surface area (Å²) in [6.45, 7) is 0.960. The molecule has 152 valence electrons. The zero-order valence-electron chi connectivity index (χ0n) is 16.1. The molecule has 1 fully saturated rings. The summed E-state index contributed by atoms with van der Waals surface area (Å²) < 4.78 is 11.7. The van der Waals surface area contributed by atoms with Gasteiger partial charge in [-0.2, -0.15) is 9.97 Å². The molecule has 1 aliphatic rings. The molecule has 1 aliphatic carbocycles. The number of carboxylic acid groups (broad SMARTS) is 1. The molecule has 4 rings (SSSR count). The van der Waals surface area contributed by atoms with Gasteiger partial charge in [0, 0.05) is 18.7 Å². The van der Waals surface area contributed by atoms with Crippen molar-refractivity contribution in [1.29, 1.82) is 0 Å². The second-order valence-electron chi connectivity index (χ2n) is 7.02. The van der Waals surface area contributed by atoms with Crippen molar-refractivity contribution in [3.05, 3.63) is 30.0 Å². The van der Waals surface area contributed by atoms with Crippen LogP contribution in [0.15, 0.2) is 24.3 Å². The quantitative estimate of drug-likeness (QED) is 0.579. The molecular weight excluding hydrogens is 392 g/mol. The number of methoxy groups -OCH3 is 1. The normalized spacial score (nSPS) is 14.7. The van der Waals surface area contributed by atoms with Crippen LogP contribution in [0.1, 0.15) is 42.6 Å². The van der Waals surface area contributed by atoms with Crippen LogP contribution in [0.3, 0.4) is 0 Å². The SMILES string of the molecule is COc1nc(Oc2ccc3nc(NCC4CCCCC4)sc3c2)cc(C(=O)O)n1. The summed E-state index contributed by atoms with van der Waals surface area (Å²) in [6, 6.07) is 6.73. The van der Waals surface area contributed by atoms with E-state index in [0.29, 0.717) is 5.75 Å². The first-order valence-corrected chi connectivity index (χ1v) is 10.4. The number of benzene rings is 1. The Hall–Kier alpha value is -2.94. The van der Waals surface area contributed by atoms with Crippen molar-refractivity contribution in [1.82, 2.24) is 15.0 Å². The highest BCUT2D eigenvalue weighted by Crippen LogP contribution is 2.32. The fourth-order valence-electron chi connectivity index (χ4n) is 3.44. The van der Waals surface area contributed by atoms with Gasteiger partial charge in [0.05, 0.1) is 17.3 Å². The van der Waals surface area contributed by atoms with Gasteiger partial charge in [-0.1, -0.05) is 30.6 Å². The molecule has 0 radical (unpaired) electrons. The highest BCUT2D eigenvalue weighted by atomic mass is 32.1. The van der Waals surface area contributed by atoms with Crippen LogP contribution in [0.5, 0.6) is 17.6 Å². The van der Waals surface area contributed by atoms with E-state index in [1.54, 1.807) is 17.4 Å². The third-order valence-corrected chi connectivity index (χ3v) is 5.91. The summed E-state index contributed by atoms with van der Waals surface area (Å²) in [6.07, 6.45) is 6.58. The molecule has 9 heteroatoms. The van der Waals surface area contributed by atoms with Gasteiger partial charge in [-0.05, 0) is 30.9 Å². The second kappa shape index (κ2) is 8.60. The molecule has 0 bridgehead atoms. The van der Waals surface area contributed by atoms with Crippen molar-refractivity contribution in [3.63, 3.8) is 0 Å². The van der Waals surface area contributed by atoms with Crippen molar-refractivity contribution in [2.75, 3.05) is 19.0 Å². The highest BCUT2D eigenvalue weighted by Gasteiger charge is 2.15. The van der Waals surface area contributed by atoms with Crippen LogP contribution in [0.2, 0.25) is 0 Å². The Kier molecular flexibility index (Phi) is 5.75. The topological polar surface area (TPSA) is 106 Å². The maximum Gasteiger partial charge on any atom is 0.354 e. The van der Waals surface area contributed by atoms with Gasteiger partial charge in [-0.15, -0.1) is 0 Å². The minimum atomic E-state index is -1.18. The van der Waals surface area contributed by atoms with Crippen LogP contribution < -0.4 is 14.8 Å². The summed E-state index contributed by atoms with van der Waals surface area (Å²) in [7, 11) is 1.37. The predicted octanol–water partition coefficient (Wildman–Crippen LogP) is 4.58. The van der Waals surface area contributed by atoms with E-state index < -0.39 is 5.97 Å². The van der Waals surface area contributed by atoms with E-state index in [2.05, 4.69) is 20.3 Å². The molecule has 29 heavy (non-hydrogen) atoms. The molecule has 0 unspecified atom stereocenters. The van der Waals surface area contributed by atoms with Crippen molar-refractivity contribution in [3.8, 4) is 17.6 Å². The Morgan fingerprint density at radius 2 is 2.03 bits per heavy atom. The Balaban J connectivity index is 1.49. The van der Waals surface area contributed by atoms with E-state index in [1.165, 1.54) is 45.3 Å². The molecule has 0 amide bonds. The number of hydrogen-bond acceptors (Lipinski definition) is 8. The summed E-state index contributed by atoms with van der Waals surface area (Å²) >= 11 is 1.57. The molecule has 0 saturated heterocycles. The van der Waals surface area contributed by atoms with E-state index in [9.17, 15) is 4.79 Å². The van der Waals surface area contributed by atoms with Crippen LogP contribution in [0.25, 0.3) is 10.2 Å². The third-order valence-electron chi connectivity index (χ3n) is 4.93. The number of hydrogen-bond donors (Lipinski definition) is 2. The molecule has 1 aromatic carbocycles. The van der Waals surface area contributed by atoms with E-state index in [0.717, 1.165) is 27.8 Å². The number of ether oxygens (including phenoxy) is 2. The van der Waals surface area contributed by atoms with Gasteiger partial charge in [-0.25, -0.2) is 9.78 Å². The fourth-order valence-corrected chi connectivity index (χ4v) is 4.35. The zero-order valence-corrected chi connectivity index (χ0v) is 16.9. The number of anilines is 1. The Labute approximate surface area is 171 Å². The first-order valence-electron chi connectivity index (χ1n) is 9.59. The number of aromatic nitrogens is 3. The molecule has 0 aliphatic heterocycles. The standard InChI is InChI=1S/C20H22N4O4S/c1-27-19-22-15(18(25)26)10-17(24-19)28-13-7-8-14-16(9-13)29-20(23-14)21-11-12-5-3-2-4-6-12/h7-10,12H,2-6,11H2,1H3,(H,21,23)(H,25,26). The predicted molar refractivity (Wildman–Crippen MR) is 110 cm³/mol. The molecule has 2 heterocycles. The van der Waals surface area contributed by atoms with Crippen molar-refractivity contribution >= 4 is 32.7 Å². The summed E-state index contributed by atoms with van der Waals surface area (Å²) in [5, 5.41) is 13.5. The van der Waals surface area contributed by atoms with Gasteiger partial charge in [0.25, 0.3) is 0 Å². The van der Waals surface area contributed by atoms with Gasteiger partial charge in [0.15, 0.2) is 10.8 Å². The smallest absolute Gasteiger partial charge is 0.354 e. The molecule has 0 atom stereocenters. The first-order chi connectivity index (χ1) is 14.1. The van der Waals surface area contributed by atoms with E-state index >= 15 is 0 Å². The second-order valence-corrected chi connectivity index (χ2v) is 8.05. The van der Waals surface area contributed by atoms with Crippen LogP contribution in [0.4, 0.5) is 5.13 Å². The van der Waals surface area contributed by atoms with Crippen LogP contribution >= 0.6 is 11.3 Å².